The van der Waals surface area contributed by atoms with Crippen LogP contribution >= 0.6 is 0 Å². The summed E-state index contributed by atoms with van der Waals surface area (Å²) in [4.78, 5) is 0. The van der Waals surface area contributed by atoms with Crippen molar-refractivity contribution in [2.45, 2.75) is 46.1 Å². The van der Waals surface area contributed by atoms with E-state index >= 15 is 0 Å². The van der Waals surface area contributed by atoms with E-state index in [1.807, 2.05) is 0 Å². The molecule has 0 radical (unpaired) electrons. The van der Waals surface area contributed by atoms with Crippen LogP contribution in [0.4, 0.5) is 0 Å². The summed E-state index contributed by atoms with van der Waals surface area (Å²) in [6, 6.07) is 8.58. The Morgan fingerprint density at radius 2 is 1.80 bits per heavy atom. The zero-order valence-electron chi connectivity index (χ0n) is 10.4. The van der Waals surface area contributed by atoms with E-state index in [2.05, 4.69) is 52.0 Å². The molecular weight excluding hydrogens is 182 g/mol. The molecule has 0 aliphatic heterocycles. The quantitative estimate of drug-likeness (QED) is 0.798. The molecule has 2 unspecified atom stereocenters. The molecule has 2 atom stereocenters. The average molecular weight is 205 g/mol. The monoisotopic (exact) mass is 205 g/mol. The molecule has 0 amide bonds. The lowest BCUT2D eigenvalue weighted by Gasteiger charge is -2.32. The number of hydrogen-bond acceptors (Lipinski definition) is 1. The SMILES string of the molecule is CCCC(C)C(C)(N)c1ccc(C)cc1. The molecule has 0 aliphatic carbocycles. The first-order valence-electron chi connectivity index (χ1n) is 5.84. The molecule has 15 heavy (non-hydrogen) atoms. The highest BCUT2D eigenvalue weighted by Gasteiger charge is 2.27. The van der Waals surface area contributed by atoms with Gasteiger partial charge in [-0.3, -0.25) is 0 Å². The fourth-order valence-electron chi connectivity index (χ4n) is 1.93. The molecule has 1 aromatic rings. The lowest BCUT2D eigenvalue weighted by Crippen LogP contribution is -2.39. The number of rotatable bonds is 4. The lowest BCUT2D eigenvalue weighted by molar-refractivity contribution is 0.304. The maximum Gasteiger partial charge on any atom is 0.0406 e. The van der Waals surface area contributed by atoms with Gasteiger partial charge in [0, 0.05) is 5.54 Å². The molecule has 0 heterocycles. The molecule has 1 heteroatoms. The van der Waals surface area contributed by atoms with Crippen LogP contribution in [0.3, 0.4) is 0 Å². The Balaban J connectivity index is 2.89. The standard InChI is InChI=1S/C14H23N/c1-5-6-12(3)14(4,15)13-9-7-11(2)8-10-13/h7-10,12H,5-6,15H2,1-4H3. The number of nitrogens with two attached hydrogens (primary N) is 1. The summed E-state index contributed by atoms with van der Waals surface area (Å²) in [7, 11) is 0. The Labute approximate surface area is 93.7 Å². The average Bonchev–Trinajstić information content (AvgIpc) is 2.18. The first-order valence-corrected chi connectivity index (χ1v) is 5.84. The van der Waals surface area contributed by atoms with Crippen LogP contribution in [0.5, 0.6) is 0 Å². The van der Waals surface area contributed by atoms with Crippen LogP contribution in [-0.4, -0.2) is 0 Å². The second kappa shape index (κ2) is 4.80. The van der Waals surface area contributed by atoms with Gasteiger partial charge in [0.15, 0.2) is 0 Å². The molecule has 0 bridgehead atoms. The Kier molecular flexibility index (Phi) is 3.92. The van der Waals surface area contributed by atoms with Gasteiger partial charge in [0.05, 0.1) is 0 Å². The second-order valence-electron chi connectivity index (χ2n) is 4.84. The predicted octanol–water partition coefficient (Wildman–Crippen LogP) is 3.61. The van der Waals surface area contributed by atoms with E-state index in [1.165, 1.54) is 24.0 Å². The zero-order chi connectivity index (χ0) is 11.5. The van der Waals surface area contributed by atoms with Crippen molar-refractivity contribution in [1.29, 1.82) is 0 Å². The topological polar surface area (TPSA) is 26.0 Å². The number of aryl methyl sites for hydroxylation is 1. The fourth-order valence-corrected chi connectivity index (χ4v) is 1.93. The lowest BCUT2D eigenvalue weighted by atomic mass is 9.79. The molecule has 1 nitrogen and oxygen atoms in total. The van der Waals surface area contributed by atoms with Gasteiger partial charge in [0.1, 0.15) is 0 Å². The van der Waals surface area contributed by atoms with E-state index in [4.69, 9.17) is 5.73 Å². The molecule has 0 saturated carbocycles. The summed E-state index contributed by atoms with van der Waals surface area (Å²) < 4.78 is 0. The van der Waals surface area contributed by atoms with Crippen molar-refractivity contribution >= 4 is 0 Å². The van der Waals surface area contributed by atoms with Crippen molar-refractivity contribution in [2.75, 3.05) is 0 Å². The van der Waals surface area contributed by atoms with Crippen molar-refractivity contribution < 1.29 is 0 Å². The van der Waals surface area contributed by atoms with Gasteiger partial charge in [0.25, 0.3) is 0 Å². The highest BCUT2D eigenvalue weighted by Crippen LogP contribution is 2.29. The maximum absolute atomic E-state index is 6.42. The van der Waals surface area contributed by atoms with Gasteiger partial charge in [0.2, 0.25) is 0 Å². The van der Waals surface area contributed by atoms with Gasteiger partial charge in [-0.2, -0.15) is 0 Å². The Morgan fingerprint density at radius 3 is 2.27 bits per heavy atom. The summed E-state index contributed by atoms with van der Waals surface area (Å²) in [6.45, 7) is 8.69. The fraction of sp³-hybridized carbons (Fsp3) is 0.571. The number of benzene rings is 1. The normalized spacial score (nSPS) is 17.1. The van der Waals surface area contributed by atoms with E-state index < -0.39 is 0 Å². The molecule has 2 N–H and O–H groups in total. The second-order valence-corrected chi connectivity index (χ2v) is 4.84. The molecule has 84 valence electrons. The van der Waals surface area contributed by atoms with Crippen LogP contribution in [0, 0.1) is 12.8 Å². The third-order valence-electron chi connectivity index (χ3n) is 3.42. The van der Waals surface area contributed by atoms with E-state index in [0.29, 0.717) is 5.92 Å². The van der Waals surface area contributed by atoms with Crippen LogP contribution in [0.25, 0.3) is 0 Å². The third kappa shape index (κ3) is 2.82. The van der Waals surface area contributed by atoms with Crippen molar-refractivity contribution in [3.05, 3.63) is 35.4 Å². The molecule has 0 aromatic heterocycles. The highest BCUT2D eigenvalue weighted by atomic mass is 14.7. The van der Waals surface area contributed by atoms with Crippen LogP contribution in [0.2, 0.25) is 0 Å². The molecule has 0 saturated heterocycles. The van der Waals surface area contributed by atoms with Gasteiger partial charge in [-0.05, 0) is 31.7 Å². The Hall–Kier alpha value is -0.820. The molecular formula is C14H23N. The van der Waals surface area contributed by atoms with Crippen LogP contribution < -0.4 is 5.73 Å². The summed E-state index contributed by atoms with van der Waals surface area (Å²) >= 11 is 0. The molecule has 1 rings (SSSR count). The van der Waals surface area contributed by atoms with Crippen LogP contribution in [-0.2, 0) is 5.54 Å². The Morgan fingerprint density at radius 1 is 1.27 bits per heavy atom. The molecule has 0 aliphatic rings. The van der Waals surface area contributed by atoms with Gasteiger partial charge in [-0.15, -0.1) is 0 Å². The van der Waals surface area contributed by atoms with Crippen molar-refractivity contribution in [2.24, 2.45) is 11.7 Å². The van der Waals surface area contributed by atoms with E-state index in [9.17, 15) is 0 Å². The molecule has 0 fully saturated rings. The minimum absolute atomic E-state index is 0.205. The van der Waals surface area contributed by atoms with Gasteiger partial charge in [-0.25, -0.2) is 0 Å². The third-order valence-corrected chi connectivity index (χ3v) is 3.42. The van der Waals surface area contributed by atoms with Crippen molar-refractivity contribution in [1.82, 2.24) is 0 Å². The summed E-state index contributed by atoms with van der Waals surface area (Å²) in [5.41, 5.74) is 8.75. The molecule has 1 aromatic carbocycles. The van der Waals surface area contributed by atoms with Crippen molar-refractivity contribution in [3.63, 3.8) is 0 Å². The van der Waals surface area contributed by atoms with E-state index in [1.54, 1.807) is 0 Å². The van der Waals surface area contributed by atoms with E-state index in [0.717, 1.165) is 0 Å². The minimum Gasteiger partial charge on any atom is -0.321 e. The Bertz CT molecular complexity index is 298. The zero-order valence-corrected chi connectivity index (χ0v) is 10.4. The predicted molar refractivity (Wildman–Crippen MR) is 66.8 cm³/mol. The van der Waals surface area contributed by atoms with Crippen LogP contribution in [0.1, 0.15) is 44.7 Å². The maximum atomic E-state index is 6.42. The summed E-state index contributed by atoms with van der Waals surface area (Å²) in [5.74, 6) is 0.519. The minimum atomic E-state index is -0.205. The highest BCUT2D eigenvalue weighted by molar-refractivity contribution is 5.27. The molecule has 0 spiro atoms. The van der Waals surface area contributed by atoms with Crippen molar-refractivity contribution in [3.8, 4) is 0 Å². The summed E-state index contributed by atoms with van der Waals surface area (Å²) in [5, 5.41) is 0. The summed E-state index contributed by atoms with van der Waals surface area (Å²) in [6.07, 6.45) is 2.38. The van der Waals surface area contributed by atoms with Gasteiger partial charge < -0.3 is 5.73 Å². The van der Waals surface area contributed by atoms with E-state index in [-0.39, 0.29) is 5.54 Å². The van der Waals surface area contributed by atoms with Crippen LogP contribution in [0.15, 0.2) is 24.3 Å². The largest absolute Gasteiger partial charge is 0.321 e. The smallest absolute Gasteiger partial charge is 0.0406 e. The first kappa shape index (κ1) is 12.3. The van der Waals surface area contributed by atoms with Gasteiger partial charge >= 0.3 is 0 Å². The number of hydrogen-bond donors (Lipinski definition) is 1. The van der Waals surface area contributed by atoms with Gasteiger partial charge in [-0.1, -0.05) is 50.1 Å². The first-order chi connectivity index (χ1) is 6.98.